The van der Waals surface area contributed by atoms with E-state index in [2.05, 4.69) is 15.6 Å². The van der Waals surface area contributed by atoms with Crippen LogP contribution in [0.15, 0.2) is 82.8 Å². The Hall–Kier alpha value is -4.92. The summed E-state index contributed by atoms with van der Waals surface area (Å²) in [6.07, 6.45) is 1.68. The first-order valence-corrected chi connectivity index (χ1v) is 21.4. The van der Waals surface area contributed by atoms with Crippen LogP contribution in [0.4, 0.5) is 9.59 Å². The molecule has 0 aliphatic carbocycles. The van der Waals surface area contributed by atoms with E-state index in [0.717, 1.165) is 29.4 Å². The number of hydrogen-bond acceptors (Lipinski definition) is 14. The molecule has 2 N–H and O–H groups in total. The smallest absolute Gasteiger partial charge is 0.356 e. The molecule has 0 radical (unpaired) electrons. The van der Waals surface area contributed by atoms with Gasteiger partial charge in [-0.3, -0.25) is 19.3 Å². The Balaban J connectivity index is 1.26. The molecule has 54 heavy (non-hydrogen) atoms. The number of hydrogen-bond donors (Lipinski definition) is 2. The summed E-state index contributed by atoms with van der Waals surface area (Å²) in [5.41, 5.74) is 2.19. The summed E-state index contributed by atoms with van der Waals surface area (Å²) in [6, 6.07) is 13.4. The van der Waals surface area contributed by atoms with Crippen LogP contribution in [0.2, 0.25) is 0 Å². The van der Waals surface area contributed by atoms with Gasteiger partial charge in [-0.15, -0.1) is 34.9 Å². The molecule has 2 fully saturated rings. The Labute approximate surface area is 322 Å². The van der Waals surface area contributed by atoms with Crippen molar-refractivity contribution in [2.75, 3.05) is 31.4 Å². The number of aromatic nitrogens is 1. The van der Waals surface area contributed by atoms with Crippen molar-refractivity contribution >= 4 is 80.7 Å². The number of thiazole rings is 1. The number of urea groups is 2. The molecule has 0 saturated carbocycles. The number of sulfonamides is 1. The Kier molecular flexibility index (Phi) is 11.6. The van der Waals surface area contributed by atoms with Crippen LogP contribution in [-0.2, 0) is 38.7 Å². The van der Waals surface area contributed by atoms with E-state index in [1.54, 1.807) is 6.26 Å². The van der Waals surface area contributed by atoms with Crippen molar-refractivity contribution in [2.24, 2.45) is 0 Å². The second-order valence-electron chi connectivity index (χ2n) is 12.1. The zero-order valence-corrected chi connectivity index (χ0v) is 32.2. The van der Waals surface area contributed by atoms with Gasteiger partial charge in [-0.1, -0.05) is 60.7 Å². The standard InChI is InChI=1S/C34H34N6O10S4/c1-19(41)49-32(51-2)22-16-53-30-25(29(43)40(30)26(22)31(44)50-27(20-10-6-4-7-11-20)21-12-8-5-9-13-21)36-28(42)24(23-17-52-18-35-23)37-33(45)38-14-15-39(34(38)46)54(3,47)48/h4-13,17-18,24-25,27,30,32H,14-16H2,1-3H3,(H,36,42)(H,37,45)/t24?,25-,30-,32?/m1/s1. The number of rotatable bonds is 12. The number of imide groups is 1. The fourth-order valence-corrected chi connectivity index (χ4v) is 9.63. The van der Waals surface area contributed by atoms with Crippen LogP contribution in [0.25, 0.3) is 0 Å². The van der Waals surface area contributed by atoms with Crippen molar-refractivity contribution in [3.05, 3.63) is 99.6 Å². The highest BCUT2D eigenvalue weighted by atomic mass is 32.2. The summed E-state index contributed by atoms with van der Waals surface area (Å²) in [5, 5.41) is 5.81. The Morgan fingerprint density at radius 2 is 1.63 bits per heavy atom. The lowest BCUT2D eigenvalue weighted by molar-refractivity contribution is -0.155. The molecule has 0 spiro atoms. The number of nitrogens with zero attached hydrogens (tertiary/aromatic N) is 4. The summed E-state index contributed by atoms with van der Waals surface area (Å²) in [6.45, 7) is 0.738. The van der Waals surface area contributed by atoms with Gasteiger partial charge in [0, 0.05) is 23.6 Å². The number of nitrogens with one attached hydrogen (secondary N) is 2. The second kappa shape index (κ2) is 16.2. The number of carbonyl (C=O) groups excluding carboxylic acids is 6. The van der Waals surface area contributed by atoms with Crippen molar-refractivity contribution in [2.45, 2.75) is 35.9 Å². The highest BCUT2D eigenvalue weighted by Gasteiger charge is 2.56. The highest BCUT2D eigenvalue weighted by Crippen LogP contribution is 2.44. The molecule has 3 aromatic rings. The number of β-lactam (4-membered cyclic amide) rings is 1. The Bertz CT molecular complexity index is 2050. The van der Waals surface area contributed by atoms with Gasteiger partial charge in [0.1, 0.15) is 17.1 Å². The number of amides is 6. The van der Waals surface area contributed by atoms with Crippen molar-refractivity contribution < 1.29 is 46.7 Å². The average molecular weight is 815 g/mol. The summed E-state index contributed by atoms with van der Waals surface area (Å²) >= 11 is 3.52. The van der Waals surface area contributed by atoms with Crippen LogP contribution in [0.3, 0.4) is 0 Å². The highest BCUT2D eigenvalue weighted by molar-refractivity contribution is 8.01. The van der Waals surface area contributed by atoms with Gasteiger partial charge in [-0.25, -0.2) is 37.0 Å². The maximum atomic E-state index is 14.3. The molecule has 4 heterocycles. The topological polar surface area (TPSA) is 202 Å². The minimum atomic E-state index is -3.93. The van der Waals surface area contributed by atoms with E-state index in [1.165, 1.54) is 34.5 Å². The largest absolute Gasteiger partial charge is 0.448 e. The molecule has 16 nitrogen and oxygen atoms in total. The molecule has 2 aromatic carbocycles. The summed E-state index contributed by atoms with van der Waals surface area (Å²) in [4.78, 5) is 86.1. The molecule has 1 aromatic heterocycles. The molecule has 0 bridgehead atoms. The van der Waals surface area contributed by atoms with Gasteiger partial charge in [0.2, 0.25) is 15.9 Å². The molecular weight excluding hydrogens is 781 g/mol. The third kappa shape index (κ3) is 7.96. The number of esters is 2. The molecule has 6 rings (SSSR count). The predicted molar refractivity (Wildman–Crippen MR) is 199 cm³/mol. The zero-order valence-electron chi connectivity index (χ0n) is 28.9. The summed E-state index contributed by atoms with van der Waals surface area (Å²) in [7, 11) is -3.93. The van der Waals surface area contributed by atoms with Crippen LogP contribution in [0.1, 0.15) is 35.9 Å². The van der Waals surface area contributed by atoms with Crippen molar-refractivity contribution in [3.8, 4) is 0 Å². The monoisotopic (exact) mass is 814 g/mol. The van der Waals surface area contributed by atoms with E-state index in [1.807, 2.05) is 60.7 Å². The van der Waals surface area contributed by atoms with E-state index >= 15 is 0 Å². The minimum Gasteiger partial charge on any atom is -0.448 e. The van der Waals surface area contributed by atoms with Gasteiger partial charge in [0.05, 0.1) is 30.5 Å². The maximum absolute atomic E-state index is 14.3. The zero-order chi connectivity index (χ0) is 38.7. The molecule has 20 heteroatoms. The lowest BCUT2D eigenvalue weighted by Crippen LogP contribution is -2.71. The third-order valence-corrected chi connectivity index (χ3v) is 12.4. The number of ether oxygens (including phenoxy) is 2. The van der Waals surface area contributed by atoms with Crippen molar-refractivity contribution in [3.63, 3.8) is 0 Å². The minimum absolute atomic E-state index is 0.112. The van der Waals surface area contributed by atoms with E-state index in [0.29, 0.717) is 25.9 Å². The van der Waals surface area contributed by atoms with E-state index in [-0.39, 0.29) is 30.2 Å². The predicted octanol–water partition coefficient (Wildman–Crippen LogP) is 2.83. The fraction of sp³-hybridized carbons (Fsp3) is 0.324. The van der Waals surface area contributed by atoms with Gasteiger partial charge in [-0.05, 0) is 17.4 Å². The van der Waals surface area contributed by atoms with Gasteiger partial charge < -0.3 is 20.1 Å². The maximum Gasteiger partial charge on any atom is 0.356 e. The van der Waals surface area contributed by atoms with Crippen molar-refractivity contribution in [1.82, 2.24) is 29.7 Å². The number of thioether (sulfide) groups is 2. The van der Waals surface area contributed by atoms with Gasteiger partial charge in [0.15, 0.2) is 17.6 Å². The van der Waals surface area contributed by atoms with Crippen molar-refractivity contribution in [1.29, 1.82) is 0 Å². The Morgan fingerprint density at radius 1 is 0.981 bits per heavy atom. The summed E-state index contributed by atoms with van der Waals surface area (Å²) < 4.78 is 36.2. The van der Waals surface area contributed by atoms with Crippen LogP contribution in [-0.4, -0.2) is 112 Å². The number of benzene rings is 2. The van der Waals surface area contributed by atoms with Crippen LogP contribution in [0.5, 0.6) is 0 Å². The van der Waals surface area contributed by atoms with Gasteiger partial charge in [0.25, 0.3) is 5.91 Å². The van der Waals surface area contributed by atoms with E-state index < -0.39 is 74.8 Å². The SMILES string of the molecule is CSC(OC(C)=O)C1=C(C(=O)OC(c2ccccc2)c2ccccc2)N2C(=O)[C@@H](NC(=O)C(NC(=O)N3CCN(S(C)(=O)=O)C3=O)c3cscn3)[C@H]2SC1. The summed E-state index contributed by atoms with van der Waals surface area (Å²) in [5.74, 6) is -2.81. The molecule has 6 amide bonds. The first-order chi connectivity index (χ1) is 25.8. The Morgan fingerprint density at radius 3 is 2.17 bits per heavy atom. The molecule has 284 valence electrons. The third-order valence-electron chi connectivity index (χ3n) is 8.58. The van der Waals surface area contributed by atoms with E-state index in [9.17, 15) is 37.2 Å². The average Bonchev–Trinajstić information content (AvgIpc) is 3.84. The fourth-order valence-electron chi connectivity index (χ4n) is 6.06. The molecule has 2 unspecified atom stereocenters. The molecule has 2 saturated heterocycles. The van der Waals surface area contributed by atoms with Gasteiger partial charge >= 0.3 is 24.0 Å². The van der Waals surface area contributed by atoms with Gasteiger partial charge in [-0.2, -0.15) is 0 Å². The number of carbonyl (C=O) groups is 6. The molecule has 4 atom stereocenters. The molecule has 3 aliphatic heterocycles. The first-order valence-electron chi connectivity index (χ1n) is 16.3. The van der Waals surface area contributed by atoms with Crippen LogP contribution < -0.4 is 10.6 Å². The lowest BCUT2D eigenvalue weighted by Gasteiger charge is -2.50. The first kappa shape index (κ1) is 38.8. The number of fused-ring (bicyclic) bond motifs is 1. The molecule has 3 aliphatic rings. The van der Waals surface area contributed by atoms with Crippen LogP contribution in [0, 0.1) is 0 Å². The molecular formula is C34H34N6O10S4. The van der Waals surface area contributed by atoms with Crippen LogP contribution >= 0.6 is 34.9 Å². The second-order valence-corrected chi connectivity index (χ2v) is 16.7. The quantitative estimate of drug-likeness (QED) is 0.154. The lowest BCUT2D eigenvalue weighted by atomic mass is 10.0. The van der Waals surface area contributed by atoms with E-state index in [4.69, 9.17) is 9.47 Å². The normalized spacial score (nSPS) is 19.5.